The lowest BCUT2D eigenvalue weighted by Crippen LogP contribution is -2.33. The van der Waals surface area contributed by atoms with Gasteiger partial charge >= 0.3 is 0 Å². The van der Waals surface area contributed by atoms with E-state index in [0.29, 0.717) is 27.8 Å². The van der Waals surface area contributed by atoms with Gasteiger partial charge in [-0.1, -0.05) is 72.3 Å². The number of halogens is 1. The largest absolute Gasteiger partial charge is 0.455 e. The Hall–Kier alpha value is -3.83. The minimum Gasteiger partial charge on any atom is -0.455 e. The summed E-state index contributed by atoms with van der Waals surface area (Å²) >= 11 is 6.28. The highest BCUT2D eigenvalue weighted by Crippen LogP contribution is 2.35. The molecule has 0 atom stereocenters. The van der Waals surface area contributed by atoms with E-state index < -0.39 is 5.91 Å². The van der Waals surface area contributed by atoms with E-state index in [4.69, 9.17) is 16.3 Å². The van der Waals surface area contributed by atoms with Crippen molar-refractivity contribution < 1.29 is 14.3 Å². The minimum atomic E-state index is -0.417. The Morgan fingerprint density at radius 1 is 0.806 bits per heavy atom. The van der Waals surface area contributed by atoms with E-state index in [2.05, 4.69) is 10.6 Å². The zero-order valence-corrected chi connectivity index (χ0v) is 17.2. The van der Waals surface area contributed by atoms with Gasteiger partial charge in [-0.05, 0) is 41.1 Å². The van der Waals surface area contributed by atoms with Crippen molar-refractivity contribution >= 4 is 39.9 Å². The van der Waals surface area contributed by atoms with Crippen molar-refractivity contribution in [1.29, 1.82) is 0 Å². The Balaban J connectivity index is 1.45. The highest BCUT2D eigenvalue weighted by molar-refractivity contribution is 6.34. The second-order valence-electron chi connectivity index (χ2n) is 6.79. The molecule has 4 aromatic rings. The van der Waals surface area contributed by atoms with Crippen molar-refractivity contribution in [3.63, 3.8) is 0 Å². The predicted octanol–water partition coefficient (Wildman–Crippen LogP) is 5.65. The molecule has 2 amide bonds. The number of rotatable bonds is 6. The summed E-state index contributed by atoms with van der Waals surface area (Å²) in [7, 11) is 0. The molecular weight excluding hydrogens is 412 g/mol. The fourth-order valence-electron chi connectivity index (χ4n) is 3.19. The molecular formula is C25H19ClN2O3. The molecule has 4 aromatic carbocycles. The Bertz CT molecular complexity index is 1240. The molecule has 5 nitrogen and oxygen atoms in total. The monoisotopic (exact) mass is 430 g/mol. The van der Waals surface area contributed by atoms with Gasteiger partial charge in [0.1, 0.15) is 11.4 Å². The lowest BCUT2D eigenvalue weighted by atomic mass is 10.0. The standard InChI is InChI=1S/C25H19ClN2O3/c26-21-14-7-15-22(31-18-10-2-1-3-11-18)24(21)28-23(29)16-27-25(30)20-13-6-9-17-8-4-5-12-19(17)20/h1-15H,16H2,(H,27,30)(H,28,29). The van der Waals surface area contributed by atoms with Gasteiger partial charge in [0, 0.05) is 5.56 Å². The molecule has 0 radical (unpaired) electrons. The molecule has 0 aliphatic carbocycles. The third kappa shape index (κ3) is 4.85. The molecule has 0 aliphatic heterocycles. The highest BCUT2D eigenvalue weighted by atomic mass is 35.5. The van der Waals surface area contributed by atoms with Gasteiger partial charge in [0.25, 0.3) is 5.91 Å². The number of benzene rings is 4. The zero-order valence-electron chi connectivity index (χ0n) is 16.5. The van der Waals surface area contributed by atoms with Crippen LogP contribution in [0.4, 0.5) is 5.69 Å². The second kappa shape index (κ2) is 9.32. The Morgan fingerprint density at radius 3 is 2.35 bits per heavy atom. The van der Waals surface area contributed by atoms with Crippen LogP contribution in [0.3, 0.4) is 0 Å². The molecule has 2 N–H and O–H groups in total. The van der Waals surface area contributed by atoms with Crippen LogP contribution in [-0.4, -0.2) is 18.4 Å². The van der Waals surface area contributed by atoms with Gasteiger partial charge in [0.2, 0.25) is 5.91 Å². The van der Waals surface area contributed by atoms with Crippen LogP contribution in [0.25, 0.3) is 10.8 Å². The summed E-state index contributed by atoms with van der Waals surface area (Å²) in [5.74, 6) is 0.281. The molecule has 0 aromatic heterocycles. The number of amides is 2. The lowest BCUT2D eigenvalue weighted by Gasteiger charge is -2.14. The third-order valence-corrected chi connectivity index (χ3v) is 4.97. The van der Waals surface area contributed by atoms with Crippen molar-refractivity contribution in [2.24, 2.45) is 0 Å². The minimum absolute atomic E-state index is 0.210. The summed E-state index contributed by atoms with van der Waals surface area (Å²) in [4.78, 5) is 25.2. The number of hydrogen-bond donors (Lipinski definition) is 2. The van der Waals surface area contributed by atoms with Crippen molar-refractivity contribution in [3.8, 4) is 11.5 Å². The number of hydrogen-bond acceptors (Lipinski definition) is 3. The van der Waals surface area contributed by atoms with E-state index in [1.807, 2.05) is 54.6 Å². The molecule has 0 unspecified atom stereocenters. The average molecular weight is 431 g/mol. The Labute approximate surface area is 184 Å². The van der Waals surface area contributed by atoms with Crippen LogP contribution in [0, 0.1) is 0 Å². The molecule has 154 valence electrons. The zero-order chi connectivity index (χ0) is 21.6. The first kappa shape index (κ1) is 20.4. The van der Waals surface area contributed by atoms with Crippen LogP contribution in [0.5, 0.6) is 11.5 Å². The molecule has 0 fully saturated rings. The van der Waals surface area contributed by atoms with E-state index in [1.54, 1.807) is 36.4 Å². The van der Waals surface area contributed by atoms with Gasteiger partial charge in [-0.25, -0.2) is 0 Å². The molecule has 0 bridgehead atoms. The summed E-state index contributed by atoms with van der Waals surface area (Å²) in [6, 6.07) is 27.4. The van der Waals surface area contributed by atoms with Crippen LogP contribution in [0.2, 0.25) is 5.02 Å². The maximum Gasteiger partial charge on any atom is 0.252 e. The topological polar surface area (TPSA) is 67.4 Å². The SMILES string of the molecule is O=C(CNC(=O)c1cccc2ccccc12)Nc1c(Cl)cccc1Oc1ccccc1. The molecule has 0 spiro atoms. The Kier molecular flexibility index (Phi) is 6.15. The molecule has 31 heavy (non-hydrogen) atoms. The van der Waals surface area contributed by atoms with E-state index in [-0.39, 0.29) is 12.5 Å². The first-order valence-electron chi connectivity index (χ1n) is 9.69. The van der Waals surface area contributed by atoms with Gasteiger partial charge in [-0.15, -0.1) is 0 Å². The normalized spacial score (nSPS) is 10.5. The van der Waals surface area contributed by atoms with Gasteiger partial charge in [-0.3, -0.25) is 9.59 Å². The van der Waals surface area contributed by atoms with Crippen molar-refractivity contribution in [1.82, 2.24) is 5.32 Å². The number of anilines is 1. The summed E-state index contributed by atoms with van der Waals surface area (Å²) in [5.41, 5.74) is 0.856. The lowest BCUT2D eigenvalue weighted by molar-refractivity contribution is -0.115. The van der Waals surface area contributed by atoms with Crippen molar-refractivity contribution in [2.45, 2.75) is 0 Å². The number of fused-ring (bicyclic) bond motifs is 1. The number of nitrogens with one attached hydrogen (secondary N) is 2. The smallest absolute Gasteiger partial charge is 0.252 e. The van der Waals surface area contributed by atoms with Crippen molar-refractivity contribution in [2.75, 3.05) is 11.9 Å². The van der Waals surface area contributed by atoms with Crippen LogP contribution < -0.4 is 15.4 Å². The maximum absolute atomic E-state index is 12.6. The molecule has 0 aliphatic rings. The number of carbonyl (C=O) groups is 2. The molecule has 0 heterocycles. The first-order valence-corrected chi connectivity index (χ1v) is 10.1. The maximum atomic E-state index is 12.6. The summed E-state index contributed by atoms with van der Waals surface area (Å²) in [5, 5.41) is 7.52. The van der Waals surface area contributed by atoms with E-state index in [9.17, 15) is 9.59 Å². The van der Waals surface area contributed by atoms with Crippen LogP contribution in [0.1, 0.15) is 10.4 Å². The van der Waals surface area contributed by atoms with E-state index in [1.165, 1.54) is 0 Å². The van der Waals surface area contributed by atoms with E-state index >= 15 is 0 Å². The number of para-hydroxylation sites is 2. The predicted molar refractivity (Wildman–Crippen MR) is 123 cm³/mol. The summed E-state index contributed by atoms with van der Waals surface area (Å²) in [6.07, 6.45) is 0. The summed E-state index contributed by atoms with van der Waals surface area (Å²) in [6.45, 7) is -0.210. The highest BCUT2D eigenvalue weighted by Gasteiger charge is 2.15. The average Bonchev–Trinajstić information content (AvgIpc) is 2.80. The molecule has 6 heteroatoms. The first-order chi connectivity index (χ1) is 15.1. The van der Waals surface area contributed by atoms with Gasteiger partial charge in [0.05, 0.1) is 11.6 Å². The van der Waals surface area contributed by atoms with Crippen LogP contribution in [-0.2, 0) is 4.79 Å². The molecule has 0 saturated heterocycles. The fraction of sp³-hybridized carbons (Fsp3) is 0.0400. The van der Waals surface area contributed by atoms with Gasteiger partial charge in [-0.2, -0.15) is 0 Å². The van der Waals surface area contributed by atoms with Gasteiger partial charge < -0.3 is 15.4 Å². The number of carbonyl (C=O) groups excluding carboxylic acids is 2. The number of ether oxygens (including phenoxy) is 1. The van der Waals surface area contributed by atoms with E-state index in [0.717, 1.165) is 10.8 Å². The quantitative estimate of drug-likeness (QED) is 0.415. The second-order valence-corrected chi connectivity index (χ2v) is 7.19. The Morgan fingerprint density at radius 2 is 1.52 bits per heavy atom. The molecule has 0 saturated carbocycles. The fourth-order valence-corrected chi connectivity index (χ4v) is 3.40. The third-order valence-electron chi connectivity index (χ3n) is 4.65. The van der Waals surface area contributed by atoms with Crippen molar-refractivity contribution in [3.05, 3.63) is 102 Å². The molecule has 4 rings (SSSR count). The summed E-state index contributed by atoms with van der Waals surface area (Å²) < 4.78 is 5.85. The van der Waals surface area contributed by atoms with Crippen LogP contribution in [0.15, 0.2) is 91.0 Å². The van der Waals surface area contributed by atoms with Crippen LogP contribution >= 0.6 is 11.6 Å². The van der Waals surface area contributed by atoms with Gasteiger partial charge in [0.15, 0.2) is 5.75 Å².